The summed E-state index contributed by atoms with van der Waals surface area (Å²) in [5, 5.41) is 10.1. The third kappa shape index (κ3) is 3.67. The van der Waals surface area contributed by atoms with E-state index in [0.29, 0.717) is 5.56 Å². The number of aromatic nitrogens is 1. The lowest BCUT2D eigenvalue weighted by Gasteiger charge is -2.19. The number of aliphatic hydroxyl groups is 1. The van der Waals surface area contributed by atoms with Gasteiger partial charge in [0.15, 0.2) is 0 Å². The highest BCUT2D eigenvalue weighted by atomic mass is 35.5. The number of nitrogens with zero attached hydrogens (tertiary/aromatic N) is 1. The second-order valence-electron chi connectivity index (χ2n) is 5.24. The van der Waals surface area contributed by atoms with E-state index in [1.165, 1.54) is 7.11 Å². The highest BCUT2D eigenvalue weighted by Gasteiger charge is 2.29. The van der Waals surface area contributed by atoms with Gasteiger partial charge in [0.1, 0.15) is 0 Å². The molecule has 138 valence electrons. The molecule has 0 aliphatic rings. The predicted molar refractivity (Wildman–Crippen MR) is 97.6 cm³/mol. The minimum atomic E-state index is -0.766. The summed E-state index contributed by atoms with van der Waals surface area (Å²) in [7, 11) is 1.19. The minimum Gasteiger partial charge on any atom is -0.465 e. The van der Waals surface area contributed by atoms with Crippen LogP contribution in [0.15, 0.2) is 18.2 Å². The van der Waals surface area contributed by atoms with Gasteiger partial charge in [-0.25, -0.2) is 9.59 Å². The van der Waals surface area contributed by atoms with E-state index in [0.717, 1.165) is 0 Å². The van der Waals surface area contributed by atoms with Crippen molar-refractivity contribution in [2.75, 3.05) is 13.7 Å². The molecular formula is C18H17Cl2NO5. The number of halogens is 2. The van der Waals surface area contributed by atoms with Gasteiger partial charge < -0.3 is 14.6 Å². The number of carbonyl (C=O) groups is 2. The van der Waals surface area contributed by atoms with Crippen LogP contribution in [0.5, 0.6) is 0 Å². The Morgan fingerprint density at radius 2 is 1.88 bits per heavy atom. The Kier molecular flexibility index (Phi) is 6.58. The fourth-order valence-corrected chi connectivity index (χ4v) is 3.02. The Bertz CT molecular complexity index is 867. The summed E-state index contributed by atoms with van der Waals surface area (Å²) >= 11 is 12.4. The molecule has 0 spiro atoms. The van der Waals surface area contributed by atoms with E-state index >= 15 is 0 Å². The highest BCUT2D eigenvalue weighted by molar-refractivity contribution is 6.44. The number of esters is 2. The first kappa shape index (κ1) is 20.2. The van der Waals surface area contributed by atoms with Gasteiger partial charge in [0.25, 0.3) is 0 Å². The molecule has 26 heavy (non-hydrogen) atoms. The first-order chi connectivity index (χ1) is 12.4. The second-order valence-corrected chi connectivity index (χ2v) is 6.03. The number of aliphatic hydroxyl groups excluding tert-OH is 1. The molecule has 0 aliphatic carbocycles. The van der Waals surface area contributed by atoms with Crippen LogP contribution in [0.2, 0.25) is 10.0 Å². The Morgan fingerprint density at radius 3 is 2.46 bits per heavy atom. The SMILES string of the molecule is CCOC(=O)c1c(C)nc(CO)c(C(=O)OC)c1-c1cccc(Cl)c1Cl. The zero-order valence-electron chi connectivity index (χ0n) is 14.4. The number of benzene rings is 1. The number of hydrogen-bond acceptors (Lipinski definition) is 6. The highest BCUT2D eigenvalue weighted by Crippen LogP contribution is 2.39. The molecule has 0 amide bonds. The van der Waals surface area contributed by atoms with Crippen molar-refractivity contribution in [2.24, 2.45) is 0 Å². The molecule has 1 heterocycles. The number of carbonyl (C=O) groups excluding carboxylic acids is 2. The van der Waals surface area contributed by atoms with Gasteiger partial charge >= 0.3 is 11.9 Å². The maximum Gasteiger partial charge on any atom is 0.340 e. The van der Waals surface area contributed by atoms with Crippen LogP contribution in [0.3, 0.4) is 0 Å². The van der Waals surface area contributed by atoms with Crippen molar-refractivity contribution in [3.63, 3.8) is 0 Å². The summed E-state index contributed by atoms with van der Waals surface area (Å²) in [6.45, 7) is 2.85. The van der Waals surface area contributed by atoms with Crippen LogP contribution < -0.4 is 0 Å². The van der Waals surface area contributed by atoms with Crippen LogP contribution >= 0.6 is 23.2 Å². The molecule has 1 aromatic carbocycles. The summed E-state index contributed by atoms with van der Waals surface area (Å²) in [6.07, 6.45) is 0. The van der Waals surface area contributed by atoms with Crippen LogP contribution in [-0.2, 0) is 16.1 Å². The zero-order valence-corrected chi connectivity index (χ0v) is 15.9. The lowest BCUT2D eigenvalue weighted by molar-refractivity contribution is 0.0525. The average molecular weight is 398 g/mol. The summed E-state index contributed by atoms with van der Waals surface area (Å²) in [4.78, 5) is 29.2. The second kappa shape index (κ2) is 8.49. The number of hydrogen-bond donors (Lipinski definition) is 1. The van der Waals surface area contributed by atoms with Crippen molar-refractivity contribution in [2.45, 2.75) is 20.5 Å². The van der Waals surface area contributed by atoms with Crippen molar-refractivity contribution in [3.8, 4) is 11.1 Å². The van der Waals surface area contributed by atoms with Gasteiger partial charge in [-0.05, 0) is 19.9 Å². The minimum absolute atomic E-state index is 0.0622. The predicted octanol–water partition coefficient (Wildman–Crippen LogP) is 3.82. The fraction of sp³-hybridized carbons (Fsp3) is 0.278. The molecule has 8 heteroatoms. The summed E-state index contributed by atoms with van der Waals surface area (Å²) < 4.78 is 9.94. The maximum absolute atomic E-state index is 12.6. The number of methoxy groups -OCH3 is 1. The maximum atomic E-state index is 12.6. The van der Waals surface area contributed by atoms with Crippen LogP contribution in [0.1, 0.15) is 39.0 Å². The molecule has 1 aromatic heterocycles. The topological polar surface area (TPSA) is 85.7 Å². The van der Waals surface area contributed by atoms with Crippen molar-refractivity contribution in [3.05, 3.63) is 50.8 Å². The monoisotopic (exact) mass is 397 g/mol. The quantitative estimate of drug-likeness (QED) is 0.771. The molecule has 0 aliphatic heterocycles. The first-order valence-electron chi connectivity index (χ1n) is 7.71. The van der Waals surface area contributed by atoms with E-state index in [-0.39, 0.29) is 44.7 Å². The van der Waals surface area contributed by atoms with Gasteiger partial charge in [-0.1, -0.05) is 35.3 Å². The average Bonchev–Trinajstić information content (AvgIpc) is 2.62. The molecular weight excluding hydrogens is 381 g/mol. The third-order valence-electron chi connectivity index (χ3n) is 3.69. The molecule has 0 fully saturated rings. The van der Waals surface area contributed by atoms with E-state index in [1.807, 2.05) is 0 Å². The Hall–Kier alpha value is -2.15. The smallest absolute Gasteiger partial charge is 0.340 e. The number of pyridine rings is 1. The van der Waals surface area contributed by atoms with Gasteiger partial charge in [0, 0.05) is 11.1 Å². The largest absolute Gasteiger partial charge is 0.465 e. The van der Waals surface area contributed by atoms with Crippen LogP contribution in [0.4, 0.5) is 0 Å². The number of rotatable bonds is 5. The van der Waals surface area contributed by atoms with Gasteiger partial charge in [-0.3, -0.25) is 4.98 Å². The fourth-order valence-electron chi connectivity index (χ4n) is 2.62. The van der Waals surface area contributed by atoms with Crippen LogP contribution in [-0.4, -0.2) is 35.7 Å². The molecule has 0 radical (unpaired) electrons. The van der Waals surface area contributed by atoms with Gasteiger partial charge in [-0.15, -0.1) is 0 Å². The zero-order chi connectivity index (χ0) is 19.4. The van der Waals surface area contributed by atoms with Crippen molar-refractivity contribution in [1.29, 1.82) is 0 Å². The Labute approximate surface area is 160 Å². The summed E-state index contributed by atoms with van der Waals surface area (Å²) in [6, 6.07) is 4.82. The normalized spacial score (nSPS) is 10.5. The molecule has 0 saturated carbocycles. The molecule has 0 atom stereocenters. The lowest BCUT2D eigenvalue weighted by Crippen LogP contribution is -2.18. The molecule has 2 aromatic rings. The molecule has 0 unspecified atom stereocenters. The van der Waals surface area contributed by atoms with E-state index in [4.69, 9.17) is 32.7 Å². The standard InChI is InChI=1S/C18H17Cl2NO5/c1-4-26-18(24)13-9(2)21-12(8-22)15(17(23)25-3)14(13)10-6-5-7-11(19)16(10)20/h5-7,22H,4,8H2,1-3H3. The van der Waals surface area contributed by atoms with Gasteiger partial charge in [0.05, 0.1) is 52.9 Å². The van der Waals surface area contributed by atoms with Crippen LogP contribution in [0, 0.1) is 6.92 Å². The van der Waals surface area contributed by atoms with E-state index in [2.05, 4.69) is 4.98 Å². The number of ether oxygens (including phenoxy) is 2. The lowest BCUT2D eigenvalue weighted by atomic mass is 9.92. The van der Waals surface area contributed by atoms with Crippen LogP contribution in [0.25, 0.3) is 11.1 Å². The van der Waals surface area contributed by atoms with E-state index < -0.39 is 18.5 Å². The van der Waals surface area contributed by atoms with E-state index in [1.54, 1.807) is 32.0 Å². The van der Waals surface area contributed by atoms with Crippen molar-refractivity contribution >= 4 is 35.1 Å². The van der Waals surface area contributed by atoms with Crippen molar-refractivity contribution in [1.82, 2.24) is 4.98 Å². The van der Waals surface area contributed by atoms with Crippen molar-refractivity contribution < 1.29 is 24.2 Å². The first-order valence-corrected chi connectivity index (χ1v) is 8.47. The van der Waals surface area contributed by atoms with Gasteiger partial charge in [-0.2, -0.15) is 0 Å². The van der Waals surface area contributed by atoms with Gasteiger partial charge in [0.2, 0.25) is 0 Å². The Balaban J connectivity index is 3.00. The number of aryl methyl sites for hydroxylation is 1. The Morgan fingerprint density at radius 1 is 1.19 bits per heavy atom. The molecule has 0 bridgehead atoms. The summed E-state index contributed by atoms with van der Waals surface area (Å²) in [5.74, 6) is -1.43. The molecule has 2 rings (SSSR count). The molecule has 1 N–H and O–H groups in total. The molecule has 6 nitrogen and oxygen atoms in total. The third-order valence-corrected chi connectivity index (χ3v) is 4.51. The van der Waals surface area contributed by atoms with E-state index in [9.17, 15) is 14.7 Å². The summed E-state index contributed by atoms with van der Waals surface area (Å²) in [5.41, 5.74) is 0.850. The molecule has 0 saturated heterocycles.